The van der Waals surface area contributed by atoms with Crippen LogP contribution in [0, 0.1) is 0 Å². The second-order valence-corrected chi connectivity index (χ2v) is 4.00. The highest BCUT2D eigenvalue weighted by Crippen LogP contribution is 2.08. The number of nitrogens with zero attached hydrogens (tertiary/aromatic N) is 3. The van der Waals surface area contributed by atoms with Gasteiger partial charge in [0.2, 0.25) is 5.27 Å². The van der Waals surface area contributed by atoms with E-state index in [9.17, 15) is 0 Å². The maximum Gasteiger partial charge on any atom is 0.256 e. The fraction of sp³-hybridized carbons (Fsp3) is 0.750. The first-order chi connectivity index (χ1) is 6.45. The van der Waals surface area contributed by atoms with E-state index in [0.717, 1.165) is 0 Å². The van der Waals surface area contributed by atoms with E-state index in [1.54, 1.807) is 0 Å². The summed E-state index contributed by atoms with van der Waals surface area (Å²) in [5, 5.41) is 14.4. The van der Waals surface area contributed by atoms with Crippen molar-refractivity contribution in [2.24, 2.45) is 0 Å². The monoisotopic (exact) mass is 200 g/mol. The lowest BCUT2D eigenvalue weighted by atomic mass is 10.1. The van der Waals surface area contributed by atoms with Crippen LogP contribution in [0.15, 0.2) is 10.7 Å². The van der Waals surface area contributed by atoms with Gasteiger partial charge < -0.3 is 15.4 Å². The van der Waals surface area contributed by atoms with Crippen molar-refractivity contribution in [3.8, 4) is 0 Å². The fourth-order valence-corrected chi connectivity index (χ4v) is 1.19. The molecule has 0 spiro atoms. The van der Waals surface area contributed by atoms with E-state index in [0.29, 0.717) is 6.54 Å². The summed E-state index contributed by atoms with van der Waals surface area (Å²) in [4.78, 5) is 1.44. The molecule has 0 aliphatic heterocycles. The maximum absolute atomic E-state index is 8.91. The van der Waals surface area contributed by atoms with Crippen molar-refractivity contribution >= 4 is 5.88 Å². The lowest BCUT2D eigenvalue weighted by Crippen LogP contribution is -2.67. The minimum Gasteiger partial charge on any atom is -0.660 e. The molecular weight excluding hydrogens is 184 g/mol. The molecule has 14 heavy (non-hydrogen) atoms. The van der Waals surface area contributed by atoms with Gasteiger partial charge in [-0.2, -0.15) is 0 Å². The van der Waals surface area contributed by atoms with Gasteiger partial charge in [-0.1, -0.05) is 0 Å². The van der Waals surface area contributed by atoms with Crippen LogP contribution in [-0.4, -0.2) is 29.1 Å². The van der Waals surface area contributed by atoms with Gasteiger partial charge in [0, 0.05) is 0 Å². The molecule has 0 fully saturated rings. The average molecular weight is 200 g/mol. The molecule has 2 N–H and O–H groups in total. The van der Waals surface area contributed by atoms with Crippen molar-refractivity contribution < 1.29 is 14.4 Å². The summed E-state index contributed by atoms with van der Waals surface area (Å²) >= 11 is 0. The third-order valence-corrected chi connectivity index (χ3v) is 1.79. The summed E-state index contributed by atoms with van der Waals surface area (Å²) in [6, 6.07) is 0. The lowest BCUT2D eigenvalue weighted by molar-refractivity contribution is -0.765. The van der Waals surface area contributed by atoms with E-state index in [1.165, 1.54) is 11.0 Å². The molecule has 0 radical (unpaired) electrons. The predicted octanol–water partition coefficient (Wildman–Crippen LogP) is 0.375. The van der Waals surface area contributed by atoms with Crippen molar-refractivity contribution in [2.75, 3.05) is 18.2 Å². The topological polar surface area (TPSA) is 77.2 Å². The number of aliphatic hydroxyl groups is 1. The number of hydrogen-bond donors (Lipinski definition) is 1. The van der Waals surface area contributed by atoms with Gasteiger partial charge in [0.25, 0.3) is 6.20 Å². The zero-order valence-corrected chi connectivity index (χ0v) is 8.69. The predicted molar refractivity (Wildman–Crippen MR) is 50.6 cm³/mol. The van der Waals surface area contributed by atoms with Crippen molar-refractivity contribution in [1.29, 1.82) is 0 Å². The van der Waals surface area contributed by atoms with Gasteiger partial charge in [-0.05, 0) is 20.8 Å². The molecule has 1 heterocycles. The van der Waals surface area contributed by atoms with Gasteiger partial charge in [0.1, 0.15) is 5.88 Å². The third-order valence-electron chi connectivity index (χ3n) is 1.79. The Kier molecular flexibility index (Phi) is 2.95. The number of aromatic nitrogens is 2. The Morgan fingerprint density at radius 2 is 2.29 bits per heavy atom. The highest BCUT2D eigenvalue weighted by molar-refractivity contribution is 5.19. The number of aliphatic hydroxyl groups excluding tert-OH is 1. The van der Waals surface area contributed by atoms with Gasteiger partial charge in [-0.25, -0.2) is 0 Å². The van der Waals surface area contributed by atoms with E-state index in [4.69, 9.17) is 10.8 Å². The second kappa shape index (κ2) is 3.83. The molecule has 80 valence electrons. The van der Waals surface area contributed by atoms with E-state index in [2.05, 4.69) is 9.79 Å². The van der Waals surface area contributed by atoms with Gasteiger partial charge in [-0.3, -0.25) is 0 Å². The van der Waals surface area contributed by atoms with Gasteiger partial charge >= 0.3 is 0 Å². The van der Waals surface area contributed by atoms with Crippen LogP contribution in [0.1, 0.15) is 20.8 Å². The molecule has 0 unspecified atom stereocenters. The molecule has 0 amide bonds. The molecule has 0 saturated heterocycles. The van der Waals surface area contributed by atoms with Crippen molar-refractivity contribution in [3.63, 3.8) is 0 Å². The van der Waals surface area contributed by atoms with Crippen LogP contribution < -0.4 is 9.80 Å². The molecule has 0 bridgehead atoms. The molecule has 0 aliphatic carbocycles. The van der Waals surface area contributed by atoms with Crippen LogP contribution >= 0.6 is 0 Å². The Labute approximate surface area is 82.8 Å². The number of hydrogen-bond acceptors (Lipinski definition) is 4. The largest absolute Gasteiger partial charge is 0.660 e. The summed E-state index contributed by atoms with van der Waals surface area (Å²) in [5.41, 5.74) is 7.02. The van der Waals surface area contributed by atoms with E-state index in [-0.39, 0.29) is 18.0 Å². The molecule has 0 saturated carbocycles. The average Bonchev–Trinajstić information content (AvgIpc) is 2.45. The van der Waals surface area contributed by atoms with Crippen molar-refractivity contribution in [3.05, 3.63) is 11.9 Å². The van der Waals surface area contributed by atoms with Crippen LogP contribution in [0.5, 0.6) is 0 Å². The molecule has 1 aromatic rings. The quantitative estimate of drug-likeness (QED) is 0.715. The molecule has 1 rings (SSSR count). The molecule has 1 aromatic heterocycles. The van der Waals surface area contributed by atoms with Gasteiger partial charge in [0.15, 0.2) is 0 Å². The van der Waals surface area contributed by atoms with E-state index in [1.807, 2.05) is 25.8 Å². The molecule has 6 heteroatoms. The molecule has 6 nitrogen and oxygen atoms in total. The van der Waals surface area contributed by atoms with Crippen molar-refractivity contribution in [1.82, 2.24) is 5.27 Å². The standard InChI is InChI=1S/C8H16N4O2/c1-8(2,3)11(4-5-13)12-6-7(9)14-10-12/h6,9,13H,4-5H2,1-3H3. The summed E-state index contributed by atoms with van der Waals surface area (Å²) < 4.78 is 4.64. The lowest BCUT2D eigenvalue weighted by Gasteiger charge is -2.26. The molecule has 0 atom stereocenters. The van der Waals surface area contributed by atoms with Crippen LogP contribution in [0.25, 0.3) is 5.73 Å². The van der Waals surface area contributed by atoms with Gasteiger partial charge in [-0.15, -0.1) is 5.01 Å². The Balaban J connectivity index is 2.88. The Morgan fingerprint density at radius 1 is 1.64 bits per heavy atom. The van der Waals surface area contributed by atoms with E-state index < -0.39 is 0 Å². The molecule has 0 aliphatic rings. The van der Waals surface area contributed by atoms with Crippen LogP contribution in [0.4, 0.5) is 5.88 Å². The summed E-state index contributed by atoms with van der Waals surface area (Å²) in [6.45, 7) is 6.46. The second-order valence-electron chi connectivity index (χ2n) is 4.00. The maximum atomic E-state index is 8.91. The van der Waals surface area contributed by atoms with Crippen molar-refractivity contribution in [2.45, 2.75) is 26.3 Å². The molecular formula is C8H16N4O2. The first-order valence-corrected chi connectivity index (χ1v) is 4.44. The van der Waals surface area contributed by atoms with E-state index >= 15 is 0 Å². The first-order valence-electron chi connectivity index (χ1n) is 4.44. The Morgan fingerprint density at radius 3 is 2.64 bits per heavy atom. The Hall–Kier alpha value is -1.30. The first kappa shape index (κ1) is 10.8. The number of nitrogens with one attached hydrogen (secondary N) is 1. The minimum absolute atomic E-state index is 0.00260. The highest BCUT2D eigenvalue weighted by Gasteiger charge is 2.30. The summed E-state index contributed by atoms with van der Waals surface area (Å²) in [7, 11) is 0. The number of β-amino-alcohol motifs (C(OH)–C–C–N with tert-alkyl or cyclic N) is 1. The fourth-order valence-electron chi connectivity index (χ4n) is 1.19. The third kappa shape index (κ3) is 2.35. The van der Waals surface area contributed by atoms with Crippen LogP contribution in [0.2, 0.25) is 0 Å². The van der Waals surface area contributed by atoms with Crippen LogP contribution in [0.3, 0.4) is 0 Å². The van der Waals surface area contributed by atoms with Gasteiger partial charge in [0.05, 0.1) is 23.5 Å². The minimum atomic E-state index is -0.184. The zero-order valence-electron chi connectivity index (χ0n) is 8.69. The summed E-state index contributed by atoms with van der Waals surface area (Å²) in [6.07, 6.45) is 1.46. The zero-order chi connectivity index (χ0) is 10.8. The normalized spacial score (nSPS) is 11.7. The SMILES string of the molecule is CC(C)(C)N(CCO)[n+]1cc([NH-])on1. The Bertz CT molecular complexity index is 292. The molecule has 0 aromatic carbocycles. The summed E-state index contributed by atoms with van der Waals surface area (Å²) in [5.74, 6) is -0.00260. The van der Waals surface area contributed by atoms with Crippen LogP contribution in [-0.2, 0) is 0 Å². The smallest absolute Gasteiger partial charge is 0.256 e. The number of rotatable bonds is 3. The highest BCUT2D eigenvalue weighted by atomic mass is 16.5.